The van der Waals surface area contributed by atoms with Crippen LogP contribution >= 0.6 is 23.2 Å². The van der Waals surface area contributed by atoms with Crippen molar-refractivity contribution in [3.8, 4) is 11.5 Å². The Morgan fingerprint density at radius 3 is 2.10 bits per heavy atom. The fourth-order valence-electron chi connectivity index (χ4n) is 1.23. The topological polar surface area (TPSA) is 77.8 Å². The smallest absolute Gasteiger partial charge is 0.328 e. The first-order valence-corrected chi connectivity index (χ1v) is 6.48. The first-order valence-electron chi connectivity index (χ1n) is 5.72. The van der Waals surface area contributed by atoms with Crippen LogP contribution in [0.5, 0.6) is 11.5 Å². The van der Waals surface area contributed by atoms with E-state index in [9.17, 15) is 4.79 Å². The van der Waals surface area contributed by atoms with Gasteiger partial charge in [-0.3, -0.25) is 0 Å². The van der Waals surface area contributed by atoms with Crippen molar-refractivity contribution in [1.29, 1.82) is 0 Å². The predicted octanol–water partition coefficient (Wildman–Crippen LogP) is 4.19. The molecule has 0 aliphatic rings. The molecule has 3 N–H and O–H groups in total. The molecular formula is C15H12Cl2O4. The summed E-state index contributed by atoms with van der Waals surface area (Å²) in [6.45, 7) is 0. The molecule has 0 aromatic heterocycles. The monoisotopic (exact) mass is 326 g/mol. The lowest BCUT2D eigenvalue weighted by atomic mass is 10.2. The lowest BCUT2D eigenvalue weighted by Crippen LogP contribution is -1.85. The molecule has 2 aromatic carbocycles. The highest BCUT2D eigenvalue weighted by Gasteiger charge is 1.95. The molecule has 21 heavy (non-hydrogen) atoms. The van der Waals surface area contributed by atoms with Gasteiger partial charge < -0.3 is 15.3 Å². The highest BCUT2D eigenvalue weighted by Crippen LogP contribution is 2.25. The molecule has 2 aromatic rings. The number of benzene rings is 2. The summed E-state index contributed by atoms with van der Waals surface area (Å²) in [6, 6.07) is 10.8. The Hall–Kier alpha value is -2.17. The van der Waals surface area contributed by atoms with Gasteiger partial charge in [-0.1, -0.05) is 35.3 Å². The highest BCUT2D eigenvalue weighted by molar-refractivity contribution is 6.35. The van der Waals surface area contributed by atoms with Crippen LogP contribution in [0.2, 0.25) is 10.0 Å². The van der Waals surface area contributed by atoms with Crippen LogP contribution in [0.15, 0.2) is 48.5 Å². The summed E-state index contributed by atoms with van der Waals surface area (Å²) in [5.41, 5.74) is 0.746. The van der Waals surface area contributed by atoms with E-state index < -0.39 is 5.97 Å². The Bertz CT molecular complexity index is 637. The summed E-state index contributed by atoms with van der Waals surface area (Å²) in [6.07, 6.45) is 2.51. The average Bonchev–Trinajstić information content (AvgIpc) is 2.43. The van der Waals surface area contributed by atoms with Crippen LogP contribution in [0.1, 0.15) is 5.56 Å². The van der Waals surface area contributed by atoms with E-state index in [-0.39, 0.29) is 16.5 Å². The molecule has 0 saturated heterocycles. The molecule has 0 spiro atoms. The van der Waals surface area contributed by atoms with Crippen molar-refractivity contribution in [1.82, 2.24) is 0 Å². The molecule has 0 fully saturated rings. The number of carboxylic acid groups (broad SMARTS) is 1. The number of aromatic hydroxyl groups is 2. The Morgan fingerprint density at radius 1 is 1.00 bits per heavy atom. The van der Waals surface area contributed by atoms with Crippen molar-refractivity contribution in [2.45, 2.75) is 0 Å². The molecular weight excluding hydrogens is 315 g/mol. The molecule has 0 bridgehead atoms. The number of hydrogen-bond donors (Lipinski definition) is 3. The van der Waals surface area contributed by atoms with Gasteiger partial charge in [-0.25, -0.2) is 4.79 Å². The lowest BCUT2D eigenvalue weighted by molar-refractivity contribution is -0.131. The van der Waals surface area contributed by atoms with E-state index in [4.69, 9.17) is 38.5 Å². The van der Waals surface area contributed by atoms with Crippen LogP contribution in [0.3, 0.4) is 0 Å². The molecule has 4 nitrogen and oxygen atoms in total. The van der Waals surface area contributed by atoms with Gasteiger partial charge in [0.1, 0.15) is 11.5 Å². The number of carboxylic acids is 1. The van der Waals surface area contributed by atoms with Crippen LogP contribution in [-0.4, -0.2) is 21.3 Å². The normalized spacial score (nSPS) is 10.0. The van der Waals surface area contributed by atoms with Gasteiger partial charge >= 0.3 is 5.97 Å². The van der Waals surface area contributed by atoms with Gasteiger partial charge in [0, 0.05) is 11.1 Å². The van der Waals surface area contributed by atoms with Crippen LogP contribution in [0, 0.1) is 0 Å². The standard InChI is InChI=1S/C9H8O3.C6H4Cl2O/c10-8-4-1-7(2-5-8)3-6-9(11)12;7-4-1-2-6(9)5(8)3-4/h1-6,10H,(H,11,12);1-3,9H/b6-3+;. The van der Waals surface area contributed by atoms with Crippen molar-refractivity contribution < 1.29 is 20.1 Å². The molecule has 0 unspecified atom stereocenters. The van der Waals surface area contributed by atoms with Gasteiger partial charge in [-0.15, -0.1) is 0 Å². The second-order valence-corrected chi connectivity index (χ2v) is 4.70. The third kappa shape index (κ3) is 6.70. The van der Waals surface area contributed by atoms with Crippen molar-refractivity contribution in [2.75, 3.05) is 0 Å². The quantitative estimate of drug-likeness (QED) is 0.723. The average molecular weight is 327 g/mol. The summed E-state index contributed by atoms with van der Waals surface area (Å²) in [4.78, 5) is 10.1. The largest absolute Gasteiger partial charge is 0.508 e. The van der Waals surface area contributed by atoms with Crippen LogP contribution in [0.25, 0.3) is 6.08 Å². The minimum Gasteiger partial charge on any atom is -0.508 e. The zero-order valence-corrected chi connectivity index (χ0v) is 12.2. The maximum Gasteiger partial charge on any atom is 0.328 e. The van der Waals surface area contributed by atoms with E-state index in [1.807, 2.05) is 0 Å². The minimum absolute atomic E-state index is 0.0565. The number of aliphatic carboxylic acids is 1. The van der Waals surface area contributed by atoms with E-state index in [1.54, 1.807) is 18.2 Å². The summed E-state index contributed by atoms with van der Waals surface area (Å²) in [5.74, 6) is -0.758. The third-order valence-corrected chi connectivity index (χ3v) is 2.76. The molecule has 110 valence electrons. The molecule has 2 rings (SSSR count). The van der Waals surface area contributed by atoms with Crippen LogP contribution < -0.4 is 0 Å². The van der Waals surface area contributed by atoms with Gasteiger partial charge in [-0.05, 0) is 42.0 Å². The minimum atomic E-state index is -0.983. The Morgan fingerprint density at radius 2 is 1.62 bits per heavy atom. The zero-order chi connectivity index (χ0) is 15.8. The molecule has 6 heteroatoms. The van der Waals surface area contributed by atoms with E-state index in [0.717, 1.165) is 11.6 Å². The van der Waals surface area contributed by atoms with E-state index in [0.29, 0.717) is 5.02 Å². The number of halogens is 2. The molecule has 0 heterocycles. The van der Waals surface area contributed by atoms with Crippen molar-refractivity contribution >= 4 is 35.2 Å². The van der Waals surface area contributed by atoms with E-state index >= 15 is 0 Å². The molecule has 0 radical (unpaired) electrons. The third-order valence-electron chi connectivity index (χ3n) is 2.22. The van der Waals surface area contributed by atoms with Gasteiger partial charge in [0.15, 0.2) is 0 Å². The van der Waals surface area contributed by atoms with Gasteiger partial charge in [-0.2, -0.15) is 0 Å². The number of rotatable bonds is 2. The van der Waals surface area contributed by atoms with Crippen LogP contribution in [-0.2, 0) is 4.79 Å². The predicted molar refractivity (Wildman–Crippen MR) is 82.9 cm³/mol. The SMILES string of the molecule is O=C(O)/C=C/c1ccc(O)cc1.Oc1ccc(Cl)cc1Cl. The summed E-state index contributed by atoms with van der Waals surface area (Å²) in [5, 5.41) is 26.8. The maximum absolute atomic E-state index is 10.1. The first-order chi connectivity index (χ1) is 9.88. The van der Waals surface area contributed by atoms with Crippen molar-refractivity contribution in [3.63, 3.8) is 0 Å². The van der Waals surface area contributed by atoms with Gasteiger partial charge in [0.05, 0.1) is 5.02 Å². The van der Waals surface area contributed by atoms with Crippen molar-refractivity contribution in [2.24, 2.45) is 0 Å². The summed E-state index contributed by atoms with van der Waals surface area (Å²) >= 11 is 11.0. The van der Waals surface area contributed by atoms with Crippen molar-refractivity contribution in [3.05, 3.63) is 64.1 Å². The second-order valence-electron chi connectivity index (χ2n) is 3.86. The first kappa shape index (κ1) is 16.9. The Kier molecular flexibility index (Phi) is 6.59. The summed E-state index contributed by atoms with van der Waals surface area (Å²) in [7, 11) is 0. The number of hydrogen-bond acceptors (Lipinski definition) is 3. The zero-order valence-electron chi connectivity index (χ0n) is 10.7. The molecule has 0 aliphatic carbocycles. The molecule has 0 saturated carbocycles. The van der Waals surface area contributed by atoms with Gasteiger partial charge in [0.2, 0.25) is 0 Å². The molecule has 0 amide bonds. The van der Waals surface area contributed by atoms with Gasteiger partial charge in [0.25, 0.3) is 0 Å². The second kappa shape index (κ2) is 8.19. The van der Waals surface area contributed by atoms with Crippen LogP contribution in [0.4, 0.5) is 0 Å². The molecule has 0 atom stereocenters. The van der Waals surface area contributed by atoms with E-state index in [1.165, 1.54) is 30.3 Å². The number of phenols is 2. The highest BCUT2D eigenvalue weighted by atomic mass is 35.5. The fourth-order valence-corrected chi connectivity index (χ4v) is 1.64. The maximum atomic E-state index is 10.1. The number of phenolic OH excluding ortho intramolecular Hbond substituents is 2. The Labute approximate surface area is 131 Å². The molecule has 0 aliphatic heterocycles. The van der Waals surface area contributed by atoms with E-state index in [2.05, 4.69) is 0 Å². The Balaban J connectivity index is 0.000000219. The lowest BCUT2D eigenvalue weighted by Gasteiger charge is -1.93. The fraction of sp³-hybridized carbons (Fsp3) is 0. The number of carbonyl (C=O) groups is 1. The summed E-state index contributed by atoms with van der Waals surface area (Å²) < 4.78 is 0.